The number of benzene rings is 1. The lowest BCUT2D eigenvalue weighted by Crippen LogP contribution is -2.42. The zero-order valence-corrected chi connectivity index (χ0v) is 15.6. The van der Waals surface area contributed by atoms with Crippen LogP contribution in [0.5, 0.6) is 0 Å². The van der Waals surface area contributed by atoms with Crippen LogP contribution in [-0.4, -0.2) is 19.1 Å². The van der Waals surface area contributed by atoms with Crippen LogP contribution in [-0.2, 0) is 23.6 Å². The van der Waals surface area contributed by atoms with Gasteiger partial charge in [-0.2, -0.15) is 10.5 Å². The molecule has 1 amide bonds. The predicted octanol–water partition coefficient (Wildman–Crippen LogP) is 3.53. The van der Waals surface area contributed by atoms with Gasteiger partial charge in [0, 0.05) is 15.7 Å². The summed E-state index contributed by atoms with van der Waals surface area (Å²) in [6.07, 6.45) is 0. The standard InChI is InChI=1S/C15H15BrN3O4P/c1-3-22-24(21,23-4-2)15(10(8-17)9-18)12-7-11(16)5-6-13(12)19-14(15)20/h5-7,10H,3-4H2,1-2H3,(H,19,20). The minimum atomic E-state index is -4.17. The first-order valence-electron chi connectivity index (χ1n) is 7.21. The molecule has 0 bridgehead atoms. The highest BCUT2D eigenvalue weighted by atomic mass is 79.9. The van der Waals surface area contributed by atoms with Gasteiger partial charge in [-0.15, -0.1) is 0 Å². The lowest BCUT2D eigenvalue weighted by molar-refractivity contribution is -0.119. The topological polar surface area (TPSA) is 112 Å². The first kappa shape index (κ1) is 18.6. The molecular weight excluding hydrogens is 397 g/mol. The molecule has 9 heteroatoms. The number of hydrogen-bond acceptors (Lipinski definition) is 6. The first-order valence-corrected chi connectivity index (χ1v) is 9.54. The van der Waals surface area contributed by atoms with E-state index in [-0.39, 0.29) is 18.8 Å². The van der Waals surface area contributed by atoms with E-state index in [0.717, 1.165) is 0 Å². The number of anilines is 1. The molecule has 0 saturated heterocycles. The predicted molar refractivity (Wildman–Crippen MR) is 90.0 cm³/mol. The Kier molecular flexibility index (Phi) is 5.47. The molecule has 0 radical (unpaired) electrons. The Hall–Kier alpha value is -1.70. The van der Waals surface area contributed by atoms with Gasteiger partial charge in [0.2, 0.25) is 11.1 Å². The molecule has 0 fully saturated rings. The number of fused-ring (bicyclic) bond motifs is 1. The van der Waals surface area contributed by atoms with Gasteiger partial charge < -0.3 is 14.4 Å². The fourth-order valence-electron chi connectivity index (χ4n) is 2.79. The maximum atomic E-state index is 13.6. The summed E-state index contributed by atoms with van der Waals surface area (Å²) < 4.78 is 24.9. The normalized spacial score (nSPS) is 19.5. The molecule has 1 aliphatic rings. The highest BCUT2D eigenvalue weighted by Gasteiger charge is 2.67. The number of rotatable bonds is 6. The summed E-state index contributed by atoms with van der Waals surface area (Å²) in [4.78, 5) is 12.9. The molecule has 1 aromatic carbocycles. The van der Waals surface area contributed by atoms with Crippen molar-refractivity contribution in [3.05, 3.63) is 28.2 Å². The Balaban J connectivity index is 2.88. The summed E-state index contributed by atoms with van der Waals surface area (Å²) in [5.41, 5.74) is 0.624. The van der Waals surface area contributed by atoms with Crippen molar-refractivity contribution < 1.29 is 18.4 Å². The van der Waals surface area contributed by atoms with Crippen LogP contribution in [0.1, 0.15) is 19.4 Å². The Bertz CT molecular complexity index is 777. The molecule has 0 saturated carbocycles. The molecule has 0 aliphatic carbocycles. The molecule has 1 unspecified atom stereocenters. The van der Waals surface area contributed by atoms with Gasteiger partial charge in [0.05, 0.1) is 25.4 Å². The van der Waals surface area contributed by atoms with E-state index < -0.39 is 24.6 Å². The summed E-state index contributed by atoms with van der Waals surface area (Å²) in [7, 11) is -4.17. The minimum absolute atomic E-state index is 0.000772. The van der Waals surface area contributed by atoms with Crippen LogP contribution in [0.15, 0.2) is 22.7 Å². The number of hydrogen-bond donors (Lipinski definition) is 1. The van der Waals surface area contributed by atoms with Crippen molar-refractivity contribution >= 4 is 35.1 Å². The van der Waals surface area contributed by atoms with Gasteiger partial charge in [0.25, 0.3) is 0 Å². The van der Waals surface area contributed by atoms with Crippen molar-refractivity contribution in [1.82, 2.24) is 0 Å². The molecule has 2 rings (SSSR count). The maximum Gasteiger partial charge on any atom is 0.353 e. The fourth-order valence-corrected chi connectivity index (χ4v) is 5.53. The lowest BCUT2D eigenvalue weighted by atomic mass is 9.87. The minimum Gasteiger partial charge on any atom is -0.324 e. The third kappa shape index (κ3) is 2.56. The molecule has 1 heterocycles. The van der Waals surface area contributed by atoms with Gasteiger partial charge in [-0.3, -0.25) is 9.36 Å². The molecule has 0 aromatic heterocycles. The second-order valence-corrected chi connectivity index (χ2v) is 8.07. The Morgan fingerprint density at radius 1 is 1.29 bits per heavy atom. The average molecular weight is 412 g/mol. The molecule has 7 nitrogen and oxygen atoms in total. The third-order valence-electron chi connectivity index (χ3n) is 3.69. The number of nitrogens with one attached hydrogen (secondary N) is 1. The van der Waals surface area contributed by atoms with Crippen LogP contribution >= 0.6 is 23.5 Å². The van der Waals surface area contributed by atoms with E-state index in [9.17, 15) is 19.9 Å². The number of amides is 1. The molecule has 1 atom stereocenters. The number of carbonyl (C=O) groups excluding carboxylic acids is 1. The third-order valence-corrected chi connectivity index (χ3v) is 6.95. The SMILES string of the molecule is CCOP(=O)(OCC)C1(C(C#N)C#N)C(=O)Nc2ccc(Br)cc21. The van der Waals surface area contributed by atoms with Gasteiger partial charge in [0.1, 0.15) is 0 Å². The molecule has 1 aliphatic heterocycles. The molecule has 1 aromatic rings. The largest absolute Gasteiger partial charge is 0.353 e. The van der Waals surface area contributed by atoms with E-state index in [4.69, 9.17) is 9.05 Å². The molecule has 1 N–H and O–H groups in total. The van der Waals surface area contributed by atoms with Crippen molar-refractivity contribution in [2.75, 3.05) is 18.5 Å². The second-order valence-electron chi connectivity index (χ2n) is 4.93. The highest BCUT2D eigenvalue weighted by Crippen LogP contribution is 2.71. The maximum absolute atomic E-state index is 13.6. The zero-order valence-electron chi connectivity index (χ0n) is 13.1. The summed E-state index contributed by atoms with van der Waals surface area (Å²) >= 11 is 3.30. The van der Waals surface area contributed by atoms with Gasteiger partial charge in [-0.05, 0) is 32.0 Å². The monoisotopic (exact) mass is 411 g/mol. The van der Waals surface area contributed by atoms with Crippen LogP contribution in [0.2, 0.25) is 0 Å². The van der Waals surface area contributed by atoms with Crippen molar-refractivity contribution in [2.45, 2.75) is 19.0 Å². The molecule has 24 heavy (non-hydrogen) atoms. The van der Waals surface area contributed by atoms with Crippen LogP contribution in [0.3, 0.4) is 0 Å². The second kappa shape index (κ2) is 7.04. The van der Waals surface area contributed by atoms with Crippen LogP contribution < -0.4 is 5.32 Å². The summed E-state index contributed by atoms with van der Waals surface area (Å²) in [5.74, 6) is -2.29. The molecule has 0 spiro atoms. The van der Waals surface area contributed by atoms with Gasteiger partial charge >= 0.3 is 7.60 Å². The first-order chi connectivity index (χ1) is 11.4. The van der Waals surface area contributed by atoms with Crippen LogP contribution in [0.25, 0.3) is 0 Å². The van der Waals surface area contributed by atoms with Crippen molar-refractivity contribution in [2.24, 2.45) is 5.92 Å². The van der Waals surface area contributed by atoms with E-state index in [1.165, 1.54) is 0 Å². The molecule has 126 valence electrons. The number of carbonyl (C=O) groups is 1. The Labute approximate surface area is 148 Å². The van der Waals surface area contributed by atoms with Crippen molar-refractivity contribution in [1.29, 1.82) is 10.5 Å². The van der Waals surface area contributed by atoms with Crippen molar-refractivity contribution in [3.63, 3.8) is 0 Å². The van der Waals surface area contributed by atoms with Gasteiger partial charge in [-0.1, -0.05) is 15.9 Å². The van der Waals surface area contributed by atoms with E-state index in [1.54, 1.807) is 44.2 Å². The van der Waals surface area contributed by atoms with E-state index in [2.05, 4.69) is 21.2 Å². The Morgan fingerprint density at radius 2 is 1.88 bits per heavy atom. The van der Waals surface area contributed by atoms with Gasteiger partial charge in [0.15, 0.2) is 5.92 Å². The number of nitriles is 2. The lowest BCUT2D eigenvalue weighted by Gasteiger charge is -2.34. The average Bonchev–Trinajstić information content (AvgIpc) is 2.82. The number of nitrogens with zero attached hydrogens (tertiary/aromatic N) is 2. The van der Waals surface area contributed by atoms with Crippen molar-refractivity contribution in [3.8, 4) is 12.1 Å². The van der Waals surface area contributed by atoms with Crippen LogP contribution in [0.4, 0.5) is 5.69 Å². The van der Waals surface area contributed by atoms with Gasteiger partial charge in [-0.25, -0.2) is 0 Å². The quantitative estimate of drug-likeness (QED) is 0.716. The van der Waals surface area contributed by atoms with Crippen LogP contribution in [0, 0.1) is 28.6 Å². The van der Waals surface area contributed by atoms with E-state index >= 15 is 0 Å². The zero-order chi connectivity index (χ0) is 18.0. The molecular formula is C15H15BrN3O4P. The highest BCUT2D eigenvalue weighted by molar-refractivity contribution is 9.10. The van der Waals surface area contributed by atoms with E-state index in [1.807, 2.05) is 0 Å². The fraction of sp³-hybridized carbons (Fsp3) is 0.400. The Morgan fingerprint density at radius 3 is 2.38 bits per heavy atom. The summed E-state index contributed by atoms with van der Waals surface area (Å²) in [5, 5.41) is 19.5. The summed E-state index contributed by atoms with van der Waals surface area (Å²) in [6, 6.07) is 8.41. The van der Waals surface area contributed by atoms with E-state index in [0.29, 0.717) is 10.2 Å². The smallest absolute Gasteiger partial charge is 0.324 e. The summed E-state index contributed by atoms with van der Waals surface area (Å²) in [6.45, 7) is 3.20. The number of halogens is 1.